The Hall–Kier alpha value is -0.920. The molecule has 0 aromatic rings. The molecular formula is C7H12N2. The predicted molar refractivity (Wildman–Crippen MR) is 38.4 cm³/mol. The van der Waals surface area contributed by atoms with Crippen molar-refractivity contribution in [2.75, 3.05) is 13.1 Å². The molecule has 2 nitrogen and oxygen atoms in total. The van der Waals surface area contributed by atoms with Crippen LogP contribution in [0.25, 0.3) is 0 Å². The molecule has 0 spiro atoms. The summed E-state index contributed by atoms with van der Waals surface area (Å²) in [5.74, 6) is 0. The van der Waals surface area contributed by atoms with Gasteiger partial charge in [-0.2, -0.15) is 0 Å². The maximum absolute atomic E-state index is 3.68. The van der Waals surface area contributed by atoms with Crippen LogP contribution in [0.3, 0.4) is 0 Å². The largest absolute Gasteiger partial charge is 0.294 e. The molecule has 9 heavy (non-hydrogen) atoms. The van der Waals surface area contributed by atoms with Gasteiger partial charge >= 0.3 is 0 Å². The quantitative estimate of drug-likeness (QED) is 0.545. The molecule has 0 aromatic carbocycles. The van der Waals surface area contributed by atoms with Crippen molar-refractivity contribution in [1.82, 2.24) is 10.0 Å². The van der Waals surface area contributed by atoms with Crippen molar-refractivity contribution in [1.29, 1.82) is 0 Å². The lowest BCUT2D eigenvalue weighted by Crippen LogP contribution is -2.26. The van der Waals surface area contributed by atoms with Gasteiger partial charge in [-0.15, -0.1) is 0 Å². The van der Waals surface area contributed by atoms with Crippen molar-refractivity contribution >= 4 is 0 Å². The molecule has 1 aliphatic rings. The van der Waals surface area contributed by atoms with Crippen LogP contribution in [-0.2, 0) is 0 Å². The Morgan fingerprint density at radius 2 is 1.44 bits per heavy atom. The summed E-state index contributed by atoms with van der Waals surface area (Å²) in [6.45, 7) is 9.51. The standard InChI is InChI=1S/C7H12N2/c1-3-8-6-5-7-9(8)4-2/h3-4H,1-2,5-7H2. The summed E-state index contributed by atoms with van der Waals surface area (Å²) in [5, 5.41) is 4.12. The summed E-state index contributed by atoms with van der Waals surface area (Å²) >= 11 is 0. The van der Waals surface area contributed by atoms with E-state index in [4.69, 9.17) is 0 Å². The van der Waals surface area contributed by atoms with Crippen LogP contribution >= 0.6 is 0 Å². The van der Waals surface area contributed by atoms with Crippen LogP contribution in [0.1, 0.15) is 6.42 Å². The topological polar surface area (TPSA) is 6.48 Å². The Kier molecular flexibility index (Phi) is 1.78. The fourth-order valence-corrected chi connectivity index (χ4v) is 1.04. The van der Waals surface area contributed by atoms with Crippen molar-refractivity contribution in [3.05, 3.63) is 25.6 Å². The summed E-state index contributed by atoms with van der Waals surface area (Å²) in [6.07, 6.45) is 4.86. The van der Waals surface area contributed by atoms with E-state index >= 15 is 0 Å². The van der Waals surface area contributed by atoms with Gasteiger partial charge in [0, 0.05) is 25.5 Å². The van der Waals surface area contributed by atoms with E-state index in [0.717, 1.165) is 13.1 Å². The molecule has 0 aromatic heterocycles. The summed E-state index contributed by atoms with van der Waals surface area (Å²) in [7, 11) is 0. The molecule has 0 unspecified atom stereocenters. The van der Waals surface area contributed by atoms with E-state index in [1.807, 2.05) is 12.4 Å². The van der Waals surface area contributed by atoms with E-state index in [2.05, 4.69) is 23.2 Å². The zero-order chi connectivity index (χ0) is 6.69. The molecular weight excluding hydrogens is 112 g/mol. The van der Waals surface area contributed by atoms with Gasteiger partial charge in [0.05, 0.1) is 0 Å². The third-order valence-corrected chi connectivity index (χ3v) is 1.53. The van der Waals surface area contributed by atoms with Gasteiger partial charge in [0.25, 0.3) is 0 Å². The first kappa shape index (κ1) is 6.20. The first-order valence-electron chi connectivity index (χ1n) is 3.17. The Balaban J connectivity index is 2.50. The lowest BCUT2D eigenvalue weighted by molar-refractivity contribution is 0.146. The predicted octanol–water partition coefficient (Wildman–Crippen LogP) is 1.20. The van der Waals surface area contributed by atoms with E-state index in [-0.39, 0.29) is 0 Å². The molecule has 1 heterocycles. The lowest BCUT2D eigenvalue weighted by Gasteiger charge is -2.23. The Morgan fingerprint density at radius 3 is 1.78 bits per heavy atom. The smallest absolute Gasteiger partial charge is 0.0406 e. The molecule has 1 rings (SSSR count). The molecule has 1 fully saturated rings. The fourth-order valence-electron chi connectivity index (χ4n) is 1.04. The molecule has 0 N–H and O–H groups in total. The minimum absolute atomic E-state index is 1.08. The number of hydrogen-bond donors (Lipinski definition) is 0. The fraction of sp³-hybridized carbons (Fsp3) is 0.429. The summed E-state index contributed by atoms with van der Waals surface area (Å²) in [4.78, 5) is 0. The van der Waals surface area contributed by atoms with Crippen molar-refractivity contribution < 1.29 is 0 Å². The SMILES string of the molecule is C=CN1CCCN1C=C. The van der Waals surface area contributed by atoms with Crippen LogP contribution in [0.5, 0.6) is 0 Å². The molecule has 0 bridgehead atoms. The minimum atomic E-state index is 1.08. The highest BCUT2D eigenvalue weighted by Gasteiger charge is 2.12. The highest BCUT2D eigenvalue weighted by atomic mass is 15.6. The first-order chi connectivity index (χ1) is 4.38. The van der Waals surface area contributed by atoms with Crippen LogP contribution in [0, 0.1) is 0 Å². The first-order valence-corrected chi connectivity index (χ1v) is 3.17. The van der Waals surface area contributed by atoms with Gasteiger partial charge in [-0.05, 0) is 6.42 Å². The van der Waals surface area contributed by atoms with Crippen molar-refractivity contribution in [2.45, 2.75) is 6.42 Å². The van der Waals surface area contributed by atoms with Crippen molar-refractivity contribution in [3.63, 3.8) is 0 Å². The number of rotatable bonds is 2. The third kappa shape index (κ3) is 1.07. The molecule has 0 radical (unpaired) electrons. The summed E-state index contributed by atoms with van der Waals surface area (Å²) < 4.78 is 0. The normalized spacial score (nSPS) is 18.2. The highest BCUT2D eigenvalue weighted by Crippen LogP contribution is 2.09. The zero-order valence-corrected chi connectivity index (χ0v) is 5.58. The van der Waals surface area contributed by atoms with Crippen LogP contribution in [0.15, 0.2) is 25.6 Å². The molecule has 1 aliphatic heterocycles. The second-order valence-electron chi connectivity index (χ2n) is 2.04. The Morgan fingerprint density at radius 1 is 1.00 bits per heavy atom. The van der Waals surface area contributed by atoms with Crippen LogP contribution in [-0.4, -0.2) is 23.1 Å². The van der Waals surface area contributed by atoms with Gasteiger partial charge < -0.3 is 0 Å². The molecule has 2 heteroatoms. The molecule has 50 valence electrons. The molecule has 0 aliphatic carbocycles. The molecule has 1 saturated heterocycles. The van der Waals surface area contributed by atoms with Crippen molar-refractivity contribution in [3.8, 4) is 0 Å². The van der Waals surface area contributed by atoms with Crippen LogP contribution < -0.4 is 0 Å². The van der Waals surface area contributed by atoms with Gasteiger partial charge in [0.15, 0.2) is 0 Å². The third-order valence-electron chi connectivity index (χ3n) is 1.53. The lowest BCUT2D eigenvalue weighted by atomic mass is 10.5. The zero-order valence-electron chi connectivity index (χ0n) is 5.58. The van der Waals surface area contributed by atoms with E-state index in [0.29, 0.717) is 0 Å². The number of nitrogens with zero attached hydrogens (tertiary/aromatic N) is 2. The number of hydrogen-bond acceptors (Lipinski definition) is 2. The van der Waals surface area contributed by atoms with Crippen molar-refractivity contribution in [2.24, 2.45) is 0 Å². The average Bonchev–Trinajstić information content (AvgIpc) is 2.33. The Bertz CT molecular complexity index is 106. The number of hydrazine groups is 1. The average molecular weight is 124 g/mol. The molecule has 0 saturated carbocycles. The van der Waals surface area contributed by atoms with Gasteiger partial charge in [0.1, 0.15) is 0 Å². The van der Waals surface area contributed by atoms with Gasteiger partial charge in [-0.3, -0.25) is 10.0 Å². The van der Waals surface area contributed by atoms with E-state index in [9.17, 15) is 0 Å². The van der Waals surface area contributed by atoms with Gasteiger partial charge in [-0.25, -0.2) is 0 Å². The van der Waals surface area contributed by atoms with E-state index < -0.39 is 0 Å². The maximum atomic E-state index is 3.68. The Labute approximate surface area is 56.0 Å². The second kappa shape index (κ2) is 2.58. The van der Waals surface area contributed by atoms with Crippen LogP contribution in [0.4, 0.5) is 0 Å². The van der Waals surface area contributed by atoms with E-state index in [1.165, 1.54) is 6.42 Å². The molecule has 0 amide bonds. The van der Waals surface area contributed by atoms with Gasteiger partial charge in [0.2, 0.25) is 0 Å². The summed E-state index contributed by atoms with van der Waals surface area (Å²) in [6, 6.07) is 0. The molecule has 0 atom stereocenters. The summed E-state index contributed by atoms with van der Waals surface area (Å²) in [5.41, 5.74) is 0. The second-order valence-corrected chi connectivity index (χ2v) is 2.04. The highest BCUT2D eigenvalue weighted by molar-refractivity contribution is 4.81. The van der Waals surface area contributed by atoms with Gasteiger partial charge in [-0.1, -0.05) is 13.2 Å². The van der Waals surface area contributed by atoms with E-state index in [1.54, 1.807) is 0 Å². The monoisotopic (exact) mass is 124 g/mol. The maximum Gasteiger partial charge on any atom is 0.0406 e. The van der Waals surface area contributed by atoms with Crippen LogP contribution in [0.2, 0.25) is 0 Å². The minimum Gasteiger partial charge on any atom is -0.294 e.